The fourth-order valence-corrected chi connectivity index (χ4v) is 3.41. The Labute approximate surface area is 192 Å². The number of carbonyl (C=O) groups is 2. The maximum Gasteiger partial charge on any atom is 0.326 e. The van der Waals surface area contributed by atoms with E-state index >= 15 is 0 Å². The van der Waals surface area contributed by atoms with Gasteiger partial charge in [0.1, 0.15) is 29.3 Å². The molecule has 0 unspecified atom stereocenters. The standard InChI is InChI=1S/C27H27F2NO3/c1-5-18-12-14-19(15-13-18)20-8-6-9-21(16-20)30(17-24(31)33-27(2,3)4)26(32)25-22(28)10-7-11-23(25)29/h6-16H,5,17H2,1-4H3. The Morgan fingerprint density at radius 2 is 1.48 bits per heavy atom. The number of nitrogens with zero attached hydrogens (tertiary/aromatic N) is 1. The fourth-order valence-electron chi connectivity index (χ4n) is 3.41. The molecule has 6 heteroatoms. The third-order valence-corrected chi connectivity index (χ3v) is 4.98. The predicted molar refractivity (Wildman–Crippen MR) is 125 cm³/mol. The largest absolute Gasteiger partial charge is 0.459 e. The first-order valence-corrected chi connectivity index (χ1v) is 10.8. The highest BCUT2D eigenvalue weighted by atomic mass is 19.1. The van der Waals surface area contributed by atoms with Crippen molar-refractivity contribution in [3.63, 3.8) is 0 Å². The van der Waals surface area contributed by atoms with Crippen LogP contribution in [0.25, 0.3) is 11.1 Å². The number of esters is 1. The van der Waals surface area contributed by atoms with E-state index in [1.807, 2.05) is 30.3 Å². The van der Waals surface area contributed by atoms with Gasteiger partial charge in [0, 0.05) is 5.69 Å². The summed E-state index contributed by atoms with van der Waals surface area (Å²) in [6.07, 6.45) is 0.909. The van der Waals surface area contributed by atoms with Gasteiger partial charge in [-0.15, -0.1) is 0 Å². The number of aryl methyl sites for hydroxylation is 1. The molecule has 0 heterocycles. The van der Waals surface area contributed by atoms with Crippen LogP contribution >= 0.6 is 0 Å². The molecule has 0 saturated carbocycles. The molecule has 3 aromatic rings. The second-order valence-corrected chi connectivity index (χ2v) is 8.68. The normalized spacial score (nSPS) is 11.2. The van der Waals surface area contributed by atoms with Crippen LogP contribution in [0.2, 0.25) is 0 Å². The summed E-state index contributed by atoms with van der Waals surface area (Å²) in [6.45, 7) is 6.68. The van der Waals surface area contributed by atoms with Gasteiger partial charge in [-0.25, -0.2) is 8.78 Å². The van der Waals surface area contributed by atoms with Crippen LogP contribution in [0.5, 0.6) is 0 Å². The highest BCUT2D eigenvalue weighted by Crippen LogP contribution is 2.27. The zero-order valence-electron chi connectivity index (χ0n) is 19.2. The lowest BCUT2D eigenvalue weighted by Gasteiger charge is -2.26. The molecule has 0 N–H and O–H groups in total. The summed E-state index contributed by atoms with van der Waals surface area (Å²) in [5.41, 5.74) is 1.72. The van der Waals surface area contributed by atoms with Crippen LogP contribution in [0.15, 0.2) is 66.7 Å². The molecule has 4 nitrogen and oxygen atoms in total. The van der Waals surface area contributed by atoms with Crippen LogP contribution in [-0.2, 0) is 16.0 Å². The van der Waals surface area contributed by atoms with Crippen molar-refractivity contribution in [3.8, 4) is 11.1 Å². The van der Waals surface area contributed by atoms with Gasteiger partial charge in [-0.2, -0.15) is 0 Å². The molecule has 0 radical (unpaired) electrons. The van der Waals surface area contributed by atoms with E-state index in [2.05, 4.69) is 6.92 Å². The van der Waals surface area contributed by atoms with Crippen molar-refractivity contribution < 1.29 is 23.1 Å². The number of carbonyl (C=O) groups excluding carboxylic acids is 2. The Hall–Kier alpha value is -3.54. The summed E-state index contributed by atoms with van der Waals surface area (Å²) in [5, 5.41) is 0. The smallest absolute Gasteiger partial charge is 0.326 e. The zero-order valence-corrected chi connectivity index (χ0v) is 19.2. The molecule has 0 aliphatic rings. The summed E-state index contributed by atoms with van der Waals surface area (Å²) in [7, 11) is 0. The van der Waals surface area contributed by atoms with E-state index < -0.39 is 41.2 Å². The SMILES string of the molecule is CCc1ccc(-c2cccc(N(CC(=O)OC(C)(C)C)C(=O)c3c(F)cccc3F)c2)cc1. The number of benzene rings is 3. The molecular formula is C27H27F2NO3. The van der Waals surface area contributed by atoms with E-state index in [9.17, 15) is 18.4 Å². The van der Waals surface area contributed by atoms with E-state index in [0.29, 0.717) is 5.69 Å². The Balaban J connectivity index is 2.03. The summed E-state index contributed by atoms with van der Waals surface area (Å²) in [4.78, 5) is 26.9. The molecule has 3 aromatic carbocycles. The number of anilines is 1. The third kappa shape index (κ3) is 6.04. The molecule has 0 aliphatic carbocycles. The third-order valence-electron chi connectivity index (χ3n) is 4.98. The summed E-state index contributed by atoms with van der Waals surface area (Å²) in [5.74, 6) is -3.65. The molecular weight excluding hydrogens is 424 g/mol. The second kappa shape index (κ2) is 9.94. The van der Waals surface area contributed by atoms with E-state index in [1.54, 1.807) is 39.0 Å². The first-order chi connectivity index (χ1) is 15.6. The van der Waals surface area contributed by atoms with Gasteiger partial charge in [0.25, 0.3) is 5.91 Å². The molecule has 3 rings (SSSR count). The summed E-state index contributed by atoms with van der Waals surface area (Å²) < 4.78 is 34.2. The molecule has 0 bridgehead atoms. The van der Waals surface area contributed by atoms with Gasteiger partial charge >= 0.3 is 5.97 Å². The second-order valence-electron chi connectivity index (χ2n) is 8.68. The topological polar surface area (TPSA) is 46.6 Å². The lowest BCUT2D eigenvalue weighted by atomic mass is 10.0. The number of halogens is 2. The average molecular weight is 452 g/mol. The van der Waals surface area contributed by atoms with Crippen LogP contribution in [0.3, 0.4) is 0 Å². The number of ether oxygens (including phenoxy) is 1. The van der Waals surface area contributed by atoms with Gasteiger partial charge in [0.2, 0.25) is 0 Å². The molecule has 0 aliphatic heterocycles. The monoisotopic (exact) mass is 451 g/mol. The molecule has 0 saturated heterocycles. The van der Waals surface area contributed by atoms with Crippen molar-refractivity contribution in [3.05, 3.63) is 89.5 Å². The van der Waals surface area contributed by atoms with Gasteiger partial charge in [-0.3, -0.25) is 14.5 Å². The van der Waals surface area contributed by atoms with Crippen molar-refractivity contribution in [2.24, 2.45) is 0 Å². The minimum atomic E-state index is -1.000. The Kier molecular flexibility index (Phi) is 7.26. The lowest BCUT2D eigenvalue weighted by Crippen LogP contribution is -2.39. The van der Waals surface area contributed by atoms with Gasteiger partial charge in [0.05, 0.1) is 0 Å². The van der Waals surface area contributed by atoms with Crippen LogP contribution in [0.1, 0.15) is 43.6 Å². The maximum atomic E-state index is 14.4. The van der Waals surface area contributed by atoms with Crippen molar-refractivity contribution in [2.45, 2.75) is 39.7 Å². The van der Waals surface area contributed by atoms with E-state index in [-0.39, 0.29) is 0 Å². The minimum absolute atomic E-state index is 0.325. The molecule has 0 spiro atoms. The zero-order chi connectivity index (χ0) is 24.2. The number of hydrogen-bond donors (Lipinski definition) is 0. The van der Waals surface area contributed by atoms with Gasteiger partial charge < -0.3 is 4.74 Å². The predicted octanol–water partition coefficient (Wildman–Crippen LogP) is 6.18. The molecule has 1 amide bonds. The van der Waals surface area contributed by atoms with Crippen LogP contribution in [0.4, 0.5) is 14.5 Å². The van der Waals surface area contributed by atoms with Crippen molar-refractivity contribution in [2.75, 3.05) is 11.4 Å². The van der Waals surface area contributed by atoms with Crippen molar-refractivity contribution >= 4 is 17.6 Å². The average Bonchev–Trinajstić information content (AvgIpc) is 2.76. The molecule has 33 heavy (non-hydrogen) atoms. The number of rotatable bonds is 6. The number of hydrogen-bond acceptors (Lipinski definition) is 3. The molecule has 172 valence electrons. The van der Waals surface area contributed by atoms with Crippen LogP contribution in [0, 0.1) is 11.6 Å². The quantitative estimate of drug-likeness (QED) is 0.420. The molecule has 0 atom stereocenters. The van der Waals surface area contributed by atoms with Crippen LogP contribution < -0.4 is 4.90 Å². The van der Waals surface area contributed by atoms with Crippen molar-refractivity contribution in [1.29, 1.82) is 0 Å². The Bertz CT molecular complexity index is 1130. The highest BCUT2D eigenvalue weighted by Gasteiger charge is 2.28. The molecule has 0 fully saturated rings. The van der Waals surface area contributed by atoms with Gasteiger partial charge in [-0.1, -0.05) is 49.4 Å². The highest BCUT2D eigenvalue weighted by molar-refractivity contribution is 6.09. The van der Waals surface area contributed by atoms with Gasteiger partial charge in [-0.05, 0) is 68.1 Å². The Morgan fingerprint density at radius 3 is 2.06 bits per heavy atom. The van der Waals surface area contributed by atoms with E-state index in [1.165, 1.54) is 11.6 Å². The van der Waals surface area contributed by atoms with E-state index in [4.69, 9.17) is 4.74 Å². The first kappa shape index (κ1) is 24.1. The summed E-state index contributed by atoms with van der Waals surface area (Å²) in [6, 6.07) is 18.1. The van der Waals surface area contributed by atoms with Gasteiger partial charge in [0.15, 0.2) is 0 Å². The minimum Gasteiger partial charge on any atom is -0.459 e. The fraction of sp³-hybridized carbons (Fsp3) is 0.259. The van der Waals surface area contributed by atoms with Crippen molar-refractivity contribution in [1.82, 2.24) is 0 Å². The number of amides is 1. The molecule has 0 aromatic heterocycles. The van der Waals surface area contributed by atoms with Crippen LogP contribution in [-0.4, -0.2) is 24.0 Å². The lowest BCUT2D eigenvalue weighted by molar-refractivity contribution is -0.152. The summed E-state index contributed by atoms with van der Waals surface area (Å²) >= 11 is 0. The first-order valence-electron chi connectivity index (χ1n) is 10.8. The van der Waals surface area contributed by atoms with E-state index in [0.717, 1.165) is 34.6 Å². The maximum absolute atomic E-state index is 14.4. The Morgan fingerprint density at radius 1 is 0.879 bits per heavy atom.